The number of rotatable bonds is 3. The van der Waals surface area contributed by atoms with Crippen molar-refractivity contribution in [2.75, 3.05) is 13.7 Å². The number of ether oxygens (including phenoxy) is 1. The molecule has 1 saturated carbocycles. The predicted molar refractivity (Wildman–Crippen MR) is 65.6 cm³/mol. The molecule has 0 aromatic heterocycles. The van der Waals surface area contributed by atoms with Crippen LogP contribution in [0, 0.1) is 0 Å². The molecule has 1 aliphatic carbocycles. The Bertz CT molecular complexity index is 395. The van der Waals surface area contributed by atoms with Crippen molar-refractivity contribution in [1.29, 1.82) is 0 Å². The van der Waals surface area contributed by atoms with E-state index in [9.17, 15) is 5.11 Å². The van der Waals surface area contributed by atoms with E-state index in [0.29, 0.717) is 15.8 Å². The van der Waals surface area contributed by atoms with Gasteiger partial charge in [0.2, 0.25) is 0 Å². The highest BCUT2D eigenvalue weighted by Crippen LogP contribution is 2.47. The average molecular weight is 261 g/mol. The van der Waals surface area contributed by atoms with Crippen LogP contribution in [0.2, 0.25) is 10.0 Å². The molecule has 1 N–H and O–H groups in total. The largest absolute Gasteiger partial charge is 0.495 e. The third-order valence-electron chi connectivity index (χ3n) is 3.43. The van der Waals surface area contributed by atoms with Crippen molar-refractivity contribution in [3.05, 3.63) is 27.7 Å². The number of hydrogen-bond donors (Lipinski definition) is 1. The summed E-state index contributed by atoms with van der Waals surface area (Å²) in [5.41, 5.74) is 0.751. The second-order valence-corrected chi connectivity index (χ2v) is 5.07. The normalized spacial score (nSPS) is 18.0. The Hall–Kier alpha value is -0.440. The maximum atomic E-state index is 9.50. The van der Waals surface area contributed by atoms with E-state index in [4.69, 9.17) is 27.9 Å². The summed E-state index contributed by atoms with van der Waals surface area (Å²) in [5.74, 6) is 0.572. The smallest absolute Gasteiger partial charge is 0.138 e. The fourth-order valence-corrected chi connectivity index (χ4v) is 2.80. The summed E-state index contributed by atoms with van der Waals surface area (Å²) < 4.78 is 5.10. The van der Waals surface area contributed by atoms with Crippen LogP contribution in [-0.4, -0.2) is 18.8 Å². The lowest BCUT2D eigenvalue weighted by Crippen LogP contribution is -2.38. The molecule has 1 fully saturated rings. The number of aliphatic hydroxyl groups is 1. The van der Waals surface area contributed by atoms with Crippen LogP contribution in [0.4, 0.5) is 0 Å². The first-order valence-electron chi connectivity index (χ1n) is 5.27. The molecule has 16 heavy (non-hydrogen) atoms. The Labute approximate surface area is 105 Å². The lowest BCUT2D eigenvalue weighted by atomic mass is 9.65. The minimum Gasteiger partial charge on any atom is -0.495 e. The van der Waals surface area contributed by atoms with Gasteiger partial charge in [0.1, 0.15) is 5.75 Å². The van der Waals surface area contributed by atoms with Gasteiger partial charge in [0.15, 0.2) is 0 Å². The topological polar surface area (TPSA) is 29.5 Å². The summed E-state index contributed by atoms with van der Waals surface area (Å²) in [4.78, 5) is 0. The molecule has 0 saturated heterocycles. The van der Waals surface area contributed by atoms with E-state index in [1.54, 1.807) is 13.2 Å². The fourth-order valence-electron chi connectivity index (χ4n) is 2.21. The predicted octanol–water partition coefficient (Wildman–Crippen LogP) is 3.42. The molecule has 88 valence electrons. The number of methoxy groups -OCH3 is 1. The third kappa shape index (κ3) is 1.79. The van der Waals surface area contributed by atoms with E-state index >= 15 is 0 Å². The lowest BCUT2D eigenvalue weighted by molar-refractivity contribution is 0.120. The molecule has 0 aliphatic heterocycles. The van der Waals surface area contributed by atoms with Gasteiger partial charge in [-0.15, -0.1) is 0 Å². The Kier molecular flexibility index (Phi) is 3.34. The highest BCUT2D eigenvalue weighted by atomic mass is 35.5. The van der Waals surface area contributed by atoms with Gasteiger partial charge >= 0.3 is 0 Å². The molecule has 1 aromatic rings. The molecule has 0 bridgehead atoms. The maximum absolute atomic E-state index is 9.50. The summed E-state index contributed by atoms with van der Waals surface area (Å²) in [6.45, 7) is 0.120. The van der Waals surface area contributed by atoms with E-state index in [2.05, 4.69) is 0 Å². The quantitative estimate of drug-likeness (QED) is 0.903. The number of halogens is 2. The van der Waals surface area contributed by atoms with Crippen LogP contribution in [0.25, 0.3) is 0 Å². The van der Waals surface area contributed by atoms with Gasteiger partial charge in [-0.25, -0.2) is 0 Å². The van der Waals surface area contributed by atoms with Crippen molar-refractivity contribution in [3.63, 3.8) is 0 Å². The number of benzene rings is 1. The summed E-state index contributed by atoms with van der Waals surface area (Å²) in [7, 11) is 1.56. The van der Waals surface area contributed by atoms with Crippen LogP contribution >= 0.6 is 23.2 Å². The number of hydrogen-bond acceptors (Lipinski definition) is 2. The first-order chi connectivity index (χ1) is 7.63. The summed E-state index contributed by atoms with van der Waals surface area (Å²) >= 11 is 12.3. The van der Waals surface area contributed by atoms with E-state index in [0.717, 1.165) is 24.8 Å². The molecule has 4 heteroatoms. The summed E-state index contributed by atoms with van der Waals surface area (Å²) in [6, 6.07) is 3.53. The fraction of sp³-hybridized carbons (Fsp3) is 0.500. The van der Waals surface area contributed by atoms with Gasteiger partial charge in [-0.05, 0) is 24.5 Å². The zero-order valence-electron chi connectivity index (χ0n) is 9.09. The Balaban J connectivity index is 2.45. The monoisotopic (exact) mass is 260 g/mol. The van der Waals surface area contributed by atoms with Crippen LogP contribution in [0.5, 0.6) is 5.75 Å². The van der Waals surface area contributed by atoms with Crippen LogP contribution in [0.15, 0.2) is 12.1 Å². The third-order valence-corrected chi connectivity index (χ3v) is 4.03. The molecular formula is C12H14Cl2O2. The standard InChI is InChI=1S/C12H14Cl2O2/c1-16-11-6-9(13)8(5-10(11)14)12(7-15)3-2-4-12/h5-6,15H,2-4,7H2,1H3. The van der Waals surface area contributed by atoms with Crippen LogP contribution < -0.4 is 4.74 Å². The lowest BCUT2D eigenvalue weighted by Gasteiger charge is -2.41. The molecule has 1 aromatic carbocycles. The van der Waals surface area contributed by atoms with Gasteiger partial charge in [-0.3, -0.25) is 0 Å². The molecule has 0 spiro atoms. The minimum absolute atomic E-state index is 0.120. The van der Waals surface area contributed by atoms with Gasteiger partial charge in [-0.1, -0.05) is 29.6 Å². The van der Waals surface area contributed by atoms with Crippen molar-refractivity contribution in [3.8, 4) is 5.75 Å². The van der Waals surface area contributed by atoms with Crippen LogP contribution in [-0.2, 0) is 5.41 Å². The van der Waals surface area contributed by atoms with E-state index in [1.165, 1.54) is 0 Å². The SMILES string of the molecule is COc1cc(Cl)c(C2(CO)CCC2)cc1Cl. The van der Waals surface area contributed by atoms with E-state index < -0.39 is 0 Å². The van der Waals surface area contributed by atoms with Gasteiger partial charge in [0.05, 0.1) is 18.7 Å². The zero-order chi connectivity index (χ0) is 11.8. The maximum Gasteiger partial charge on any atom is 0.138 e. The van der Waals surface area contributed by atoms with E-state index in [1.807, 2.05) is 6.07 Å². The van der Waals surface area contributed by atoms with Gasteiger partial charge < -0.3 is 9.84 Å². The Morgan fingerprint density at radius 3 is 2.44 bits per heavy atom. The highest BCUT2D eigenvalue weighted by molar-refractivity contribution is 6.34. The van der Waals surface area contributed by atoms with Crippen molar-refractivity contribution in [2.24, 2.45) is 0 Å². The summed E-state index contributed by atoms with van der Waals surface area (Å²) in [6.07, 6.45) is 3.05. The Morgan fingerprint density at radius 2 is 2.00 bits per heavy atom. The molecule has 0 radical (unpaired) electrons. The molecule has 1 aliphatic rings. The highest BCUT2D eigenvalue weighted by Gasteiger charge is 2.39. The van der Waals surface area contributed by atoms with Crippen molar-refractivity contribution in [2.45, 2.75) is 24.7 Å². The van der Waals surface area contributed by atoms with Crippen molar-refractivity contribution in [1.82, 2.24) is 0 Å². The molecule has 2 rings (SSSR count). The van der Waals surface area contributed by atoms with Crippen molar-refractivity contribution < 1.29 is 9.84 Å². The Morgan fingerprint density at radius 1 is 1.31 bits per heavy atom. The molecule has 2 nitrogen and oxygen atoms in total. The van der Waals surface area contributed by atoms with Crippen LogP contribution in [0.1, 0.15) is 24.8 Å². The number of aliphatic hydroxyl groups excluding tert-OH is 1. The van der Waals surface area contributed by atoms with Crippen LogP contribution in [0.3, 0.4) is 0 Å². The molecule has 0 heterocycles. The average Bonchev–Trinajstić information content (AvgIpc) is 2.22. The molecule has 0 unspecified atom stereocenters. The van der Waals surface area contributed by atoms with Gasteiger partial charge in [-0.2, -0.15) is 0 Å². The second kappa shape index (κ2) is 4.44. The summed E-state index contributed by atoms with van der Waals surface area (Å²) in [5, 5.41) is 10.7. The molecule has 0 amide bonds. The molecular weight excluding hydrogens is 247 g/mol. The molecule has 0 atom stereocenters. The first-order valence-corrected chi connectivity index (χ1v) is 6.03. The van der Waals surface area contributed by atoms with E-state index in [-0.39, 0.29) is 12.0 Å². The van der Waals surface area contributed by atoms with Gasteiger partial charge in [0.25, 0.3) is 0 Å². The second-order valence-electron chi connectivity index (χ2n) is 4.26. The van der Waals surface area contributed by atoms with Crippen molar-refractivity contribution >= 4 is 23.2 Å². The van der Waals surface area contributed by atoms with Gasteiger partial charge in [0, 0.05) is 16.5 Å². The first kappa shape index (κ1) is 12.0. The zero-order valence-corrected chi connectivity index (χ0v) is 10.6. The minimum atomic E-state index is -0.188.